The van der Waals surface area contributed by atoms with Gasteiger partial charge in [0.1, 0.15) is 23.8 Å². The van der Waals surface area contributed by atoms with E-state index in [2.05, 4.69) is 24.8 Å². The average molecular weight is 583 g/mol. The minimum Gasteiger partial charge on any atom is -0.468 e. The normalized spacial score (nSPS) is 23.9. The fraction of sp³-hybridized carbons (Fsp3) is 0.650. The third-order valence-electron chi connectivity index (χ3n) is 5.48. The lowest BCUT2D eigenvalue weighted by Crippen LogP contribution is -2.39. The molecule has 4 N–H and O–H groups in total. The number of aromatic nitrogens is 4. The summed E-state index contributed by atoms with van der Waals surface area (Å²) in [5, 5.41) is 12.7. The maximum absolute atomic E-state index is 15.1. The molecule has 1 saturated heterocycles. The molecule has 3 heterocycles. The Kier molecular flexibility index (Phi) is 9.97. The third kappa shape index (κ3) is 6.94. The van der Waals surface area contributed by atoms with Crippen molar-refractivity contribution in [3.63, 3.8) is 0 Å². The van der Waals surface area contributed by atoms with Crippen LogP contribution in [-0.4, -0.2) is 88.4 Å². The third-order valence-corrected chi connectivity index (χ3v) is 7.24. The molecule has 6 atom stereocenters. The number of hydrogen-bond donors (Lipinski definition) is 3. The van der Waals surface area contributed by atoms with Gasteiger partial charge in [0, 0.05) is 0 Å². The van der Waals surface area contributed by atoms with Crippen molar-refractivity contribution in [2.24, 2.45) is 5.92 Å². The Morgan fingerprint density at radius 2 is 2.03 bits per heavy atom. The van der Waals surface area contributed by atoms with Gasteiger partial charge in [-0.25, -0.2) is 23.8 Å². The summed E-state index contributed by atoms with van der Waals surface area (Å²) in [6.07, 6.45) is -5.16. The molecule has 0 amide bonds. The molecule has 3 rings (SSSR count). The lowest BCUT2D eigenvalue weighted by molar-refractivity contribution is -0.143. The number of carbonyl (C=O) groups excluding carboxylic acids is 2. The number of nitrogens with two attached hydrogens (primary N) is 1. The number of alkyl halides is 1. The van der Waals surface area contributed by atoms with Gasteiger partial charge in [0.05, 0.1) is 27.2 Å². The molecule has 0 bridgehead atoms. The van der Waals surface area contributed by atoms with Crippen LogP contribution in [-0.2, 0) is 37.4 Å². The van der Waals surface area contributed by atoms with E-state index in [1.165, 1.54) is 10.9 Å². The zero-order valence-corrected chi connectivity index (χ0v) is 22.6. The molecule has 1 aliphatic heterocycles. The summed E-state index contributed by atoms with van der Waals surface area (Å²) in [5.41, 5.74) is 5.99. The van der Waals surface area contributed by atoms with Crippen LogP contribution >= 0.6 is 19.3 Å². The molecule has 0 unspecified atom stereocenters. The number of aliphatic hydroxyl groups excluding tert-OH is 1. The molecule has 15 nitrogen and oxygen atoms in total. The van der Waals surface area contributed by atoms with Crippen molar-refractivity contribution in [2.45, 2.75) is 50.9 Å². The minimum absolute atomic E-state index is 0.0370. The Morgan fingerprint density at radius 3 is 2.66 bits per heavy atom. The van der Waals surface area contributed by atoms with E-state index < -0.39 is 63.5 Å². The second-order valence-electron chi connectivity index (χ2n) is 8.68. The van der Waals surface area contributed by atoms with Crippen LogP contribution in [0, 0.1) is 5.92 Å². The molecule has 0 radical (unpaired) electrons. The number of aliphatic hydroxyl groups is 1. The fourth-order valence-corrected chi connectivity index (χ4v) is 5.25. The Balaban J connectivity index is 1.79. The van der Waals surface area contributed by atoms with E-state index in [1.54, 1.807) is 0 Å². The predicted molar refractivity (Wildman–Crippen MR) is 129 cm³/mol. The Hall–Kier alpha value is -2.46. The SMILES string of the molecule is COC(=O)CO[P@@](=O)(N[C@@H](CC(C)C)C(=O)OC)OC[C@H]1O[C@@H](n2cnc3c(N)nc(Cl)nc32)[C@@H](F)[C@@H]1O. The molecule has 0 saturated carbocycles. The highest BCUT2D eigenvalue weighted by atomic mass is 35.5. The molecule has 2 aromatic rings. The van der Waals surface area contributed by atoms with Crippen LogP contribution in [0.25, 0.3) is 11.2 Å². The smallest absolute Gasteiger partial charge is 0.406 e. The number of rotatable bonds is 12. The highest BCUT2D eigenvalue weighted by Crippen LogP contribution is 2.46. The van der Waals surface area contributed by atoms with Crippen molar-refractivity contribution in [3.8, 4) is 0 Å². The molecular formula is C20H29ClFN6O9P. The summed E-state index contributed by atoms with van der Waals surface area (Å²) in [4.78, 5) is 35.7. The number of hydrogen-bond acceptors (Lipinski definition) is 13. The van der Waals surface area contributed by atoms with E-state index >= 15 is 4.39 Å². The molecule has 212 valence electrons. The number of methoxy groups -OCH3 is 2. The number of nitrogens with zero attached hydrogens (tertiary/aromatic N) is 4. The summed E-state index contributed by atoms with van der Waals surface area (Å²) in [7, 11) is -2.19. The van der Waals surface area contributed by atoms with Gasteiger partial charge in [0.15, 0.2) is 30.5 Å². The largest absolute Gasteiger partial charge is 0.468 e. The standard InChI is InChI=1S/C20H29ClFN6O9P/c1-9(2)5-10(19(31)34-4)27-38(32,36-7-12(29)33-3)35-6-11-15(30)13(22)18(37-11)28-8-24-14-16(23)25-20(21)26-17(14)28/h8-11,13,15,18,30H,5-7H2,1-4H3,(H,27,32)(H2,23,25,26)/t10-,11+,13-,15+,18+,38+/m0/s1. The van der Waals surface area contributed by atoms with Gasteiger partial charge >= 0.3 is 19.7 Å². The molecule has 1 fully saturated rings. The molecule has 0 aliphatic carbocycles. The Morgan fingerprint density at radius 1 is 1.32 bits per heavy atom. The molecule has 0 spiro atoms. The summed E-state index contributed by atoms with van der Waals surface area (Å²) >= 11 is 5.86. The van der Waals surface area contributed by atoms with E-state index in [4.69, 9.17) is 35.9 Å². The average Bonchev–Trinajstić information content (AvgIpc) is 3.41. The molecule has 18 heteroatoms. The van der Waals surface area contributed by atoms with Crippen LogP contribution in [0.1, 0.15) is 26.5 Å². The van der Waals surface area contributed by atoms with Crippen LogP contribution in [0.2, 0.25) is 5.28 Å². The van der Waals surface area contributed by atoms with Crippen molar-refractivity contribution in [3.05, 3.63) is 11.6 Å². The monoisotopic (exact) mass is 582 g/mol. The molecular weight excluding hydrogens is 554 g/mol. The van der Waals surface area contributed by atoms with Gasteiger partial charge in [-0.3, -0.25) is 18.4 Å². The number of carbonyl (C=O) groups is 2. The highest BCUT2D eigenvalue weighted by Gasteiger charge is 2.47. The first-order valence-corrected chi connectivity index (χ1v) is 13.3. The number of anilines is 1. The van der Waals surface area contributed by atoms with Crippen molar-refractivity contribution in [1.82, 2.24) is 24.6 Å². The number of nitrogens with one attached hydrogen (secondary N) is 1. The van der Waals surface area contributed by atoms with Crippen LogP contribution in [0.3, 0.4) is 0 Å². The molecule has 1 aliphatic rings. The molecule has 2 aromatic heterocycles. The number of imidazole rings is 1. The zero-order chi connectivity index (χ0) is 28.2. The van der Waals surface area contributed by atoms with E-state index in [-0.39, 0.29) is 34.6 Å². The van der Waals surface area contributed by atoms with E-state index in [9.17, 15) is 19.3 Å². The van der Waals surface area contributed by atoms with Gasteiger partial charge in [0.2, 0.25) is 5.28 Å². The Labute approximate surface area is 221 Å². The van der Waals surface area contributed by atoms with Gasteiger partial charge in [-0.15, -0.1) is 0 Å². The van der Waals surface area contributed by atoms with Crippen molar-refractivity contribution >= 4 is 48.3 Å². The maximum Gasteiger partial charge on any atom is 0.406 e. The summed E-state index contributed by atoms with van der Waals surface area (Å²) < 4.78 is 55.2. The summed E-state index contributed by atoms with van der Waals surface area (Å²) in [6.45, 7) is 2.17. The lowest BCUT2D eigenvalue weighted by atomic mass is 10.1. The van der Waals surface area contributed by atoms with Crippen LogP contribution < -0.4 is 10.8 Å². The first-order chi connectivity index (χ1) is 17.9. The number of nitrogen functional groups attached to an aromatic ring is 1. The number of ether oxygens (including phenoxy) is 3. The second kappa shape index (κ2) is 12.6. The Bertz CT molecular complexity index is 1200. The molecule has 0 aromatic carbocycles. The quantitative estimate of drug-likeness (QED) is 0.183. The number of fused-ring (bicyclic) bond motifs is 1. The van der Waals surface area contributed by atoms with Crippen LogP contribution in [0.4, 0.5) is 10.2 Å². The number of halogens is 2. The van der Waals surface area contributed by atoms with E-state index in [0.29, 0.717) is 0 Å². The van der Waals surface area contributed by atoms with Crippen molar-refractivity contribution in [1.29, 1.82) is 0 Å². The topological polar surface area (TPSA) is 199 Å². The second-order valence-corrected chi connectivity index (χ2v) is 10.8. The molecule has 38 heavy (non-hydrogen) atoms. The maximum atomic E-state index is 15.1. The van der Waals surface area contributed by atoms with Gasteiger partial charge < -0.3 is 25.1 Å². The van der Waals surface area contributed by atoms with Crippen molar-refractivity contribution in [2.75, 3.05) is 33.2 Å². The lowest BCUT2D eigenvalue weighted by Gasteiger charge is -2.26. The first kappa shape index (κ1) is 30.1. The van der Waals surface area contributed by atoms with E-state index in [0.717, 1.165) is 14.2 Å². The first-order valence-electron chi connectivity index (χ1n) is 11.3. The number of esters is 2. The summed E-state index contributed by atoms with van der Waals surface area (Å²) in [5.74, 6) is -1.70. The predicted octanol–water partition coefficient (Wildman–Crippen LogP) is 1.15. The fourth-order valence-electron chi connectivity index (χ4n) is 3.65. The van der Waals surface area contributed by atoms with Gasteiger partial charge in [-0.1, -0.05) is 13.8 Å². The minimum atomic E-state index is -4.44. The highest BCUT2D eigenvalue weighted by molar-refractivity contribution is 7.51. The van der Waals surface area contributed by atoms with E-state index in [1.807, 2.05) is 13.8 Å². The summed E-state index contributed by atoms with van der Waals surface area (Å²) in [6, 6.07) is -1.13. The van der Waals surface area contributed by atoms with Crippen LogP contribution in [0.15, 0.2) is 6.33 Å². The van der Waals surface area contributed by atoms with Gasteiger partial charge in [-0.05, 0) is 23.9 Å². The van der Waals surface area contributed by atoms with Gasteiger partial charge in [0.25, 0.3) is 0 Å². The van der Waals surface area contributed by atoms with Gasteiger partial charge in [-0.2, -0.15) is 9.97 Å². The zero-order valence-electron chi connectivity index (χ0n) is 20.9. The van der Waals surface area contributed by atoms with Crippen molar-refractivity contribution < 1.29 is 46.9 Å². The van der Waals surface area contributed by atoms with Crippen LogP contribution in [0.5, 0.6) is 0 Å².